The first kappa shape index (κ1) is 16.3. The summed E-state index contributed by atoms with van der Waals surface area (Å²) >= 11 is 1.88. The highest BCUT2D eigenvalue weighted by Crippen LogP contribution is 2.19. The van der Waals surface area contributed by atoms with E-state index in [0.29, 0.717) is 0 Å². The van der Waals surface area contributed by atoms with Gasteiger partial charge in [-0.2, -0.15) is 0 Å². The van der Waals surface area contributed by atoms with E-state index in [0.717, 1.165) is 19.0 Å². The standard InChI is InChI=1S/C19H27NS/c1-3-12-20-15-17(10-11-19-9-6-13-21-19)14-18-8-5-4-7-16(18)2/h4-9,13,17,20H,3,10-12,14-15H2,1-2H3. The van der Waals surface area contributed by atoms with Crippen molar-refractivity contribution in [1.82, 2.24) is 5.32 Å². The van der Waals surface area contributed by atoms with Crippen molar-refractivity contribution in [2.75, 3.05) is 13.1 Å². The minimum Gasteiger partial charge on any atom is -0.316 e. The van der Waals surface area contributed by atoms with E-state index in [2.05, 4.69) is 60.9 Å². The Morgan fingerprint density at radius 3 is 2.71 bits per heavy atom. The first-order valence-corrected chi connectivity index (χ1v) is 8.95. The average Bonchev–Trinajstić information content (AvgIpc) is 3.00. The topological polar surface area (TPSA) is 12.0 Å². The van der Waals surface area contributed by atoms with Crippen LogP contribution in [0.25, 0.3) is 0 Å². The van der Waals surface area contributed by atoms with E-state index in [1.54, 1.807) is 0 Å². The number of aryl methyl sites for hydroxylation is 2. The molecule has 1 nitrogen and oxygen atoms in total. The van der Waals surface area contributed by atoms with Crippen molar-refractivity contribution in [2.45, 2.75) is 39.5 Å². The molecular weight excluding hydrogens is 274 g/mol. The second-order valence-electron chi connectivity index (χ2n) is 5.82. The summed E-state index contributed by atoms with van der Waals surface area (Å²) in [5.41, 5.74) is 2.93. The molecule has 1 unspecified atom stereocenters. The zero-order valence-electron chi connectivity index (χ0n) is 13.3. The van der Waals surface area contributed by atoms with Gasteiger partial charge in [-0.25, -0.2) is 0 Å². The number of hydrogen-bond acceptors (Lipinski definition) is 2. The van der Waals surface area contributed by atoms with Crippen molar-refractivity contribution in [3.63, 3.8) is 0 Å². The Morgan fingerprint density at radius 1 is 1.14 bits per heavy atom. The number of thiophene rings is 1. The molecule has 0 fully saturated rings. The van der Waals surface area contributed by atoms with Crippen LogP contribution in [0.4, 0.5) is 0 Å². The summed E-state index contributed by atoms with van der Waals surface area (Å²) < 4.78 is 0. The molecule has 0 bridgehead atoms. The molecule has 114 valence electrons. The van der Waals surface area contributed by atoms with Crippen molar-refractivity contribution >= 4 is 11.3 Å². The van der Waals surface area contributed by atoms with E-state index < -0.39 is 0 Å². The lowest BCUT2D eigenvalue weighted by Crippen LogP contribution is -2.25. The average molecular weight is 301 g/mol. The van der Waals surface area contributed by atoms with Crippen molar-refractivity contribution in [1.29, 1.82) is 0 Å². The maximum Gasteiger partial charge on any atom is 0.00453 e. The van der Waals surface area contributed by atoms with Gasteiger partial charge < -0.3 is 5.32 Å². The highest BCUT2D eigenvalue weighted by molar-refractivity contribution is 7.09. The minimum absolute atomic E-state index is 0.722. The molecule has 2 heteroatoms. The van der Waals surface area contributed by atoms with E-state index in [1.807, 2.05) is 11.3 Å². The Morgan fingerprint density at radius 2 is 2.00 bits per heavy atom. The molecule has 1 aromatic carbocycles. The summed E-state index contributed by atoms with van der Waals surface area (Å²) in [5, 5.41) is 5.79. The van der Waals surface area contributed by atoms with E-state index >= 15 is 0 Å². The van der Waals surface area contributed by atoms with Crippen LogP contribution in [0.5, 0.6) is 0 Å². The van der Waals surface area contributed by atoms with Crippen LogP contribution >= 0.6 is 11.3 Å². The number of hydrogen-bond donors (Lipinski definition) is 1. The summed E-state index contributed by atoms with van der Waals surface area (Å²) in [6.45, 7) is 6.72. The summed E-state index contributed by atoms with van der Waals surface area (Å²) in [6.07, 6.45) is 4.88. The second kappa shape index (κ2) is 9.01. The number of nitrogens with one attached hydrogen (secondary N) is 1. The maximum atomic E-state index is 3.61. The Bertz CT molecular complexity index is 504. The molecule has 0 saturated carbocycles. The molecule has 0 amide bonds. The SMILES string of the molecule is CCCNCC(CCc1cccs1)Cc1ccccc1C. The molecule has 2 aromatic rings. The number of benzene rings is 1. The van der Waals surface area contributed by atoms with Gasteiger partial charge in [-0.1, -0.05) is 37.3 Å². The molecule has 1 heterocycles. The van der Waals surface area contributed by atoms with Gasteiger partial charge in [0.1, 0.15) is 0 Å². The maximum absolute atomic E-state index is 3.61. The van der Waals surface area contributed by atoms with E-state index in [9.17, 15) is 0 Å². The summed E-state index contributed by atoms with van der Waals surface area (Å²) in [4.78, 5) is 1.51. The third-order valence-corrected chi connectivity index (χ3v) is 4.94. The van der Waals surface area contributed by atoms with Crippen molar-refractivity contribution in [3.05, 3.63) is 57.8 Å². The minimum atomic E-state index is 0.722. The quantitative estimate of drug-likeness (QED) is 0.653. The van der Waals surface area contributed by atoms with Crippen molar-refractivity contribution < 1.29 is 0 Å². The smallest absolute Gasteiger partial charge is 0.00453 e. The molecule has 0 radical (unpaired) electrons. The predicted octanol–water partition coefficient (Wildman–Crippen LogP) is 4.85. The Kier molecular flexibility index (Phi) is 6.98. The van der Waals surface area contributed by atoms with Gasteiger partial charge in [0.15, 0.2) is 0 Å². The van der Waals surface area contributed by atoms with Gasteiger partial charge in [-0.05, 0) is 74.2 Å². The summed E-state index contributed by atoms with van der Waals surface area (Å²) in [6, 6.07) is 13.2. The Hall–Kier alpha value is -1.12. The molecule has 2 rings (SSSR count). The molecule has 0 aliphatic rings. The van der Waals surface area contributed by atoms with Crippen LogP contribution in [0.3, 0.4) is 0 Å². The largest absolute Gasteiger partial charge is 0.316 e. The first-order chi connectivity index (χ1) is 10.3. The molecule has 0 aliphatic heterocycles. The summed E-state index contributed by atoms with van der Waals surface area (Å²) in [7, 11) is 0. The Balaban J connectivity index is 1.92. The monoisotopic (exact) mass is 301 g/mol. The molecule has 1 N–H and O–H groups in total. The normalized spacial score (nSPS) is 12.5. The Labute approximate surface area is 133 Å². The van der Waals surface area contributed by atoms with Gasteiger partial charge in [-0.15, -0.1) is 11.3 Å². The second-order valence-corrected chi connectivity index (χ2v) is 6.85. The van der Waals surface area contributed by atoms with Gasteiger partial charge in [0.2, 0.25) is 0 Å². The lowest BCUT2D eigenvalue weighted by Gasteiger charge is -2.18. The fourth-order valence-corrected chi connectivity index (χ4v) is 3.44. The third-order valence-electron chi connectivity index (χ3n) is 4.01. The zero-order valence-corrected chi connectivity index (χ0v) is 14.1. The van der Waals surface area contributed by atoms with Gasteiger partial charge in [0.25, 0.3) is 0 Å². The van der Waals surface area contributed by atoms with Gasteiger partial charge >= 0.3 is 0 Å². The zero-order chi connectivity index (χ0) is 14.9. The highest BCUT2D eigenvalue weighted by atomic mass is 32.1. The molecule has 0 spiro atoms. The van der Waals surface area contributed by atoms with Gasteiger partial charge in [0, 0.05) is 4.88 Å². The highest BCUT2D eigenvalue weighted by Gasteiger charge is 2.11. The van der Waals surface area contributed by atoms with Gasteiger partial charge in [0.05, 0.1) is 0 Å². The molecule has 1 atom stereocenters. The van der Waals surface area contributed by atoms with Crippen LogP contribution in [-0.4, -0.2) is 13.1 Å². The number of rotatable bonds is 9. The van der Waals surface area contributed by atoms with Crippen LogP contribution in [0.15, 0.2) is 41.8 Å². The molecule has 21 heavy (non-hydrogen) atoms. The van der Waals surface area contributed by atoms with Crippen LogP contribution < -0.4 is 5.32 Å². The lowest BCUT2D eigenvalue weighted by molar-refractivity contribution is 0.444. The molecule has 0 saturated heterocycles. The fraction of sp³-hybridized carbons (Fsp3) is 0.474. The predicted molar refractivity (Wildman–Crippen MR) is 94.2 cm³/mol. The van der Waals surface area contributed by atoms with Crippen LogP contribution in [-0.2, 0) is 12.8 Å². The van der Waals surface area contributed by atoms with Crippen LogP contribution in [0, 0.1) is 12.8 Å². The van der Waals surface area contributed by atoms with Crippen LogP contribution in [0.2, 0.25) is 0 Å². The van der Waals surface area contributed by atoms with Crippen molar-refractivity contribution in [3.8, 4) is 0 Å². The summed E-state index contributed by atoms with van der Waals surface area (Å²) in [5.74, 6) is 0.722. The molecule has 1 aromatic heterocycles. The van der Waals surface area contributed by atoms with Crippen molar-refractivity contribution in [2.24, 2.45) is 5.92 Å². The first-order valence-electron chi connectivity index (χ1n) is 8.07. The lowest BCUT2D eigenvalue weighted by atomic mass is 9.92. The van der Waals surface area contributed by atoms with Crippen LogP contribution in [0.1, 0.15) is 35.8 Å². The third kappa shape index (κ3) is 5.64. The molecule has 0 aliphatic carbocycles. The molecular formula is C19H27NS. The van der Waals surface area contributed by atoms with E-state index in [1.165, 1.54) is 41.7 Å². The van der Waals surface area contributed by atoms with E-state index in [-0.39, 0.29) is 0 Å². The van der Waals surface area contributed by atoms with E-state index in [4.69, 9.17) is 0 Å². The fourth-order valence-electron chi connectivity index (χ4n) is 2.71. The van der Waals surface area contributed by atoms with Gasteiger partial charge in [-0.3, -0.25) is 0 Å².